The van der Waals surface area contributed by atoms with Gasteiger partial charge in [0.15, 0.2) is 0 Å². The van der Waals surface area contributed by atoms with E-state index in [0.29, 0.717) is 6.04 Å². The second-order valence-corrected chi connectivity index (χ2v) is 5.41. The molecule has 2 heteroatoms. The molecule has 0 radical (unpaired) electrons. The maximum absolute atomic E-state index is 5.82. The van der Waals surface area contributed by atoms with E-state index in [9.17, 15) is 0 Å². The summed E-state index contributed by atoms with van der Waals surface area (Å²) in [7, 11) is 0. The second-order valence-electron chi connectivity index (χ2n) is 5.41. The SMILES string of the molecule is CCNC(Cc1cc(C)cc(C)c1)C1=CCCCO1. The van der Waals surface area contributed by atoms with Crippen molar-refractivity contribution < 1.29 is 4.74 Å². The molecule has 1 aliphatic rings. The van der Waals surface area contributed by atoms with E-state index in [0.717, 1.165) is 38.2 Å². The van der Waals surface area contributed by atoms with Gasteiger partial charge in [0.2, 0.25) is 0 Å². The third-order valence-electron chi connectivity index (χ3n) is 3.48. The Morgan fingerprint density at radius 2 is 1.95 bits per heavy atom. The van der Waals surface area contributed by atoms with E-state index >= 15 is 0 Å². The van der Waals surface area contributed by atoms with E-state index in [1.165, 1.54) is 16.7 Å². The van der Waals surface area contributed by atoms with Gasteiger partial charge < -0.3 is 10.1 Å². The molecule has 0 saturated heterocycles. The summed E-state index contributed by atoms with van der Waals surface area (Å²) in [5, 5.41) is 3.55. The average Bonchev–Trinajstić information content (AvgIpc) is 2.38. The maximum Gasteiger partial charge on any atom is 0.109 e. The lowest BCUT2D eigenvalue weighted by atomic mass is 9.99. The van der Waals surface area contributed by atoms with Gasteiger partial charge in [-0.2, -0.15) is 0 Å². The van der Waals surface area contributed by atoms with Gasteiger partial charge in [0.25, 0.3) is 0 Å². The zero-order valence-corrected chi connectivity index (χ0v) is 12.3. The topological polar surface area (TPSA) is 21.3 Å². The van der Waals surface area contributed by atoms with Crippen LogP contribution in [0.15, 0.2) is 30.0 Å². The van der Waals surface area contributed by atoms with Crippen molar-refractivity contribution in [1.82, 2.24) is 5.32 Å². The second kappa shape index (κ2) is 6.76. The fourth-order valence-corrected chi connectivity index (χ4v) is 2.76. The van der Waals surface area contributed by atoms with Crippen molar-refractivity contribution in [2.75, 3.05) is 13.2 Å². The quantitative estimate of drug-likeness (QED) is 0.873. The van der Waals surface area contributed by atoms with E-state index in [2.05, 4.69) is 50.4 Å². The van der Waals surface area contributed by atoms with Crippen LogP contribution in [0.1, 0.15) is 36.5 Å². The number of allylic oxidation sites excluding steroid dienone is 1. The minimum atomic E-state index is 0.312. The van der Waals surface area contributed by atoms with Crippen LogP contribution in [0.5, 0.6) is 0 Å². The van der Waals surface area contributed by atoms with Gasteiger partial charge in [0, 0.05) is 0 Å². The first-order valence-corrected chi connectivity index (χ1v) is 7.32. The fraction of sp³-hybridized carbons (Fsp3) is 0.529. The minimum Gasteiger partial charge on any atom is -0.497 e. The molecule has 0 aliphatic carbocycles. The predicted molar refractivity (Wildman–Crippen MR) is 80.4 cm³/mol. The van der Waals surface area contributed by atoms with Crippen molar-refractivity contribution in [3.05, 3.63) is 46.7 Å². The summed E-state index contributed by atoms with van der Waals surface area (Å²) < 4.78 is 5.82. The molecule has 1 unspecified atom stereocenters. The first-order valence-electron chi connectivity index (χ1n) is 7.32. The van der Waals surface area contributed by atoms with Gasteiger partial charge in [-0.25, -0.2) is 0 Å². The van der Waals surface area contributed by atoms with E-state index in [-0.39, 0.29) is 0 Å². The Hall–Kier alpha value is -1.28. The average molecular weight is 259 g/mol. The Labute approximate surface area is 116 Å². The molecule has 1 aromatic carbocycles. The maximum atomic E-state index is 5.82. The molecule has 1 aliphatic heterocycles. The molecule has 1 atom stereocenters. The molecular formula is C17H25NO. The first kappa shape index (κ1) is 14.1. The van der Waals surface area contributed by atoms with Crippen LogP contribution in [0.4, 0.5) is 0 Å². The van der Waals surface area contributed by atoms with Gasteiger partial charge >= 0.3 is 0 Å². The highest BCUT2D eigenvalue weighted by Crippen LogP contribution is 2.18. The van der Waals surface area contributed by atoms with Gasteiger partial charge in [-0.15, -0.1) is 0 Å². The van der Waals surface area contributed by atoms with E-state index < -0.39 is 0 Å². The van der Waals surface area contributed by atoms with Crippen LogP contribution < -0.4 is 5.32 Å². The van der Waals surface area contributed by atoms with Crippen LogP contribution in [-0.4, -0.2) is 19.2 Å². The molecule has 0 aromatic heterocycles. The number of benzene rings is 1. The normalized spacial score (nSPS) is 16.7. The third kappa shape index (κ3) is 4.10. The third-order valence-corrected chi connectivity index (χ3v) is 3.48. The summed E-state index contributed by atoms with van der Waals surface area (Å²) in [4.78, 5) is 0. The van der Waals surface area contributed by atoms with Crippen molar-refractivity contribution >= 4 is 0 Å². The van der Waals surface area contributed by atoms with Crippen LogP contribution in [0, 0.1) is 13.8 Å². The number of hydrogen-bond acceptors (Lipinski definition) is 2. The summed E-state index contributed by atoms with van der Waals surface area (Å²) in [6, 6.07) is 7.09. The molecule has 19 heavy (non-hydrogen) atoms. The zero-order valence-electron chi connectivity index (χ0n) is 12.3. The number of rotatable bonds is 5. The highest BCUT2D eigenvalue weighted by Gasteiger charge is 2.17. The summed E-state index contributed by atoms with van der Waals surface area (Å²) in [6.45, 7) is 8.30. The van der Waals surface area contributed by atoms with Crippen LogP contribution in [-0.2, 0) is 11.2 Å². The predicted octanol–water partition coefficient (Wildman–Crippen LogP) is 3.52. The fourth-order valence-electron chi connectivity index (χ4n) is 2.76. The monoisotopic (exact) mass is 259 g/mol. The molecule has 2 nitrogen and oxygen atoms in total. The number of hydrogen-bond donors (Lipinski definition) is 1. The van der Waals surface area contributed by atoms with E-state index in [4.69, 9.17) is 4.74 Å². The first-order chi connectivity index (χ1) is 9.19. The number of ether oxygens (including phenoxy) is 1. The molecule has 0 bridgehead atoms. The molecule has 0 saturated carbocycles. The minimum absolute atomic E-state index is 0.312. The van der Waals surface area contributed by atoms with Crippen LogP contribution in [0.2, 0.25) is 0 Å². The summed E-state index contributed by atoms with van der Waals surface area (Å²) >= 11 is 0. The summed E-state index contributed by atoms with van der Waals surface area (Å²) in [5.74, 6) is 1.13. The van der Waals surface area contributed by atoms with E-state index in [1.54, 1.807) is 0 Å². The molecule has 0 fully saturated rings. The summed E-state index contributed by atoms with van der Waals surface area (Å²) in [5.41, 5.74) is 4.06. The van der Waals surface area contributed by atoms with Crippen molar-refractivity contribution in [2.24, 2.45) is 0 Å². The molecule has 0 spiro atoms. The van der Waals surface area contributed by atoms with E-state index in [1.807, 2.05) is 0 Å². The van der Waals surface area contributed by atoms with Crippen LogP contribution in [0.3, 0.4) is 0 Å². The molecule has 1 N–H and O–H groups in total. The Morgan fingerprint density at radius 3 is 2.53 bits per heavy atom. The van der Waals surface area contributed by atoms with Crippen molar-refractivity contribution in [1.29, 1.82) is 0 Å². The molecule has 1 heterocycles. The Balaban J connectivity index is 2.13. The van der Waals surface area contributed by atoms with Gasteiger partial charge in [-0.05, 0) is 51.3 Å². The smallest absolute Gasteiger partial charge is 0.109 e. The number of aryl methyl sites for hydroxylation is 2. The zero-order chi connectivity index (χ0) is 13.7. The summed E-state index contributed by atoms with van der Waals surface area (Å²) in [6.07, 6.45) is 5.54. The lowest BCUT2D eigenvalue weighted by Crippen LogP contribution is -2.34. The van der Waals surface area contributed by atoms with Gasteiger partial charge in [-0.3, -0.25) is 0 Å². The Morgan fingerprint density at radius 1 is 1.21 bits per heavy atom. The van der Waals surface area contributed by atoms with Gasteiger partial charge in [0.05, 0.1) is 12.6 Å². The number of likely N-dealkylation sites (N-methyl/N-ethyl adjacent to an activating group) is 1. The Kier molecular flexibility index (Phi) is 5.03. The standard InChI is InChI=1S/C17H25NO/c1-4-18-16(17-7-5-6-8-19-17)12-15-10-13(2)9-14(3)11-15/h7,9-11,16,18H,4-6,8,12H2,1-3H3. The Bertz CT molecular complexity index is 430. The number of nitrogens with one attached hydrogen (secondary N) is 1. The molecule has 104 valence electrons. The van der Waals surface area contributed by atoms with Crippen LogP contribution in [0.25, 0.3) is 0 Å². The molecular weight excluding hydrogens is 234 g/mol. The van der Waals surface area contributed by atoms with Crippen molar-refractivity contribution in [2.45, 2.75) is 46.1 Å². The molecule has 2 rings (SSSR count). The van der Waals surface area contributed by atoms with Crippen LogP contribution >= 0.6 is 0 Å². The molecule has 0 amide bonds. The van der Waals surface area contributed by atoms with Gasteiger partial charge in [0.1, 0.15) is 5.76 Å². The highest BCUT2D eigenvalue weighted by atomic mass is 16.5. The van der Waals surface area contributed by atoms with Gasteiger partial charge in [-0.1, -0.05) is 36.2 Å². The molecule has 1 aromatic rings. The van der Waals surface area contributed by atoms with Crippen molar-refractivity contribution in [3.8, 4) is 0 Å². The lowest BCUT2D eigenvalue weighted by molar-refractivity contribution is 0.167. The largest absolute Gasteiger partial charge is 0.497 e. The highest BCUT2D eigenvalue weighted by molar-refractivity contribution is 5.30. The van der Waals surface area contributed by atoms with Crippen molar-refractivity contribution in [3.63, 3.8) is 0 Å². The lowest BCUT2D eigenvalue weighted by Gasteiger charge is -2.24.